The van der Waals surface area contributed by atoms with Crippen LogP contribution in [0.25, 0.3) is 11.3 Å². The van der Waals surface area contributed by atoms with Gasteiger partial charge in [-0.1, -0.05) is 0 Å². The maximum atomic E-state index is 11.7. The number of aromatic hydroxyl groups is 1. The first-order chi connectivity index (χ1) is 8.93. The minimum Gasteiger partial charge on any atom is -0.507 e. The number of phenols is 1. The SMILES string of the molecule is COc1ccc(O)c(-c2ncccc2S(C)(=O)=O)c1. The van der Waals surface area contributed by atoms with Crippen molar-refractivity contribution in [1.29, 1.82) is 0 Å². The van der Waals surface area contributed by atoms with Gasteiger partial charge in [0, 0.05) is 18.0 Å². The molecule has 0 amide bonds. The Hall–Kier alpha value is -2.08. The molecule has 0 saturated carbocycles. The summed E-state index contributed by atoms with van der Waals surface area (Å²) in [6.45, 7) is 0. The van der Waals surface area contributed by atoms with Crippen molar-refractivity contribution in [3.63, 3.8) is 0 Å². The molecule has 2 aromatic rings. The second-order valence-corrected chi connectivity index (χ2v) is 5.99. The van der Waals surface area contributed by atoms with Crippen LogP contribution in [-0.2, 0) is 9.84 Å². The average Bonchev–Trinajstić information content (AvgIpc) is 2.38. The Morgan fingerprint density at radius 2 is 2.00 bits per heavy atom. The van der Waals surface area contributed by atoms with E-state index >= 15 is 0 Å². The van der Waals surface area contributed by atoms with Gasteiger partial charge in [0.05, 0.1) is 17.7 Å². The van der Waals surface area contributed by atoms with Gasteiger partial charge in [0.1, 0.15) is 11.5 Å². The predicted molar refractivity (Wildman–Crippen MR) is 71.0 cm³/mol. The zero-order chi connectivity index (χ0) is 14.0. The van der Waals surface area contributed by atoms with Crippen LogP contribution in [0, 0.1) is 0 Å². The topological polar surface area (TPSA) is 76.5 Å². The highest BCUT2D eigenvalue weighted by Gasteiger charge is 2.18. The van der Waals surface area contributed by atoms with E-state index < -0.39 is 9.84 Å². The van der Waals surface area contributed by atoms with E-state index in [2.05, 4.69) is 4.98 Å². The van der Waals surface area contributed by atoms with E-state index in [9.17, 15) is 13.5 Å². The summed E-state index contributed by atoms with van der Waals surface area (Å²) in [6, 6.07) is 7.57. The summed E-state index contributed by atoms with van der Waals surface area (Å²) in [5, 5.41) is 9.88. The molecule has 1 N–H and O–H groups in total. The van der Waals surface area contributed by atoms with Crippen molar-refractivity contribution in [2.75, 3.05) is 13.4 Å². The van der Waals surface area contributed by atoms with Gasteiger partial charge in [-0.05, 0) is 30.3 Å². The van der Waals surface area contributed by atoms with Crippen LogP contribution in [0.15, 0.2) is 41.4 Å². The van der Waals surface area contributed by atoms with Gasteiger partial charge in [-0.2, -0.15) is 0 Å². The van der Waals surface area contributed by atoms with E-state index in [1.807, 2.05) is 0 Å². The summed E-state index contributed by atoms with van der Waals surface area (Å²) in [4.78, 5) is 4.13. The van der Waals surface area contributed by atoms with E-state index in [4.69, 9.17) is 4.74 Å². The molecule has 2 rings (SSSR count). The minimum atomic E-state index is -3.43. The summed E-state index contributed by atoms with van der Waals surface area (Å²) in [5.41, 5.74) is 0.529. The Morgan fingerprint density at radius 3 is 2.63 bits per heavy atom. The third-order valence-electron chi connectivity index (χ3n) is 2.63. The highest BCUT2D eigenvalue weighted by molar-refractivity contribution is 7.90. The highest BCUT2D eigenvalue weighted by Crippen LogP contribution is 2.34. The molecule has 1 heterocycles. The zero-order valence-corrected chi connectivity index (χ0v) is 11.3. The molecule has 0 radical (unpaired) electrons. The summed E-state index contributed by atoms with van der Waals surface area (Å²) >= 11 is 0. The van der Waals surface area contributed by atoms with Crippen LogP contribution < -0.4 is 4.74 Å². The lowest BCUT2D eigenvalue weighted by Gasteiger charge is -2.10. The first-order valence-electron chi connectivity index (χ1n) is 5.46. The number of nitrogens with zero attached hydrogens (tertiary/aromatic N) is 1. The molecule has 0 unspecified atom stereocenters. The maximum Gasteiger partial charge on any atom is 0.177 e. The van der Waals surface area contributed by atoms with Gasteiger partial charge in [0.2, 0.25) is 0 Å². The smallest absolute Gasteiger partial charge is 0.177 e. The van der Waals surface area contributed by atoms with Gasteiger partial charge in [-0.15, -0.1) is 0 Å². The second kappa shape index (κ2) is 4.89. The van der Waals surface area contributed by atoms with Gasteiger partial charge in [0.25, 0.3) is 0 Å². The summed E-state index contributed by atoms with van der Waals surface area (Å²) < 4.78 is 28.5. The molecule has 19 heavy (non-hydrogen) atoms. The normalized spacial score (nSPS) is 11.3. The minimum absolute atomic E-state index is 0.0515. The van der Waals surface area contributed by atoms with Crippen molar-refractivity contribution in [2.45, 2.75) is 4.90 Å². The van der Waals surface area contributed by atoms with E-state index in [0.717, 1.165) is 6.26 Å². The number of hydrogen-bond acceptors (Lipinski definition) is 5. The second-order valence-electron chi connectivity index (χ2n) is 4.01. The van der Waals surface area contributed by atoms with Crippen LogP contribution >= 0.6 is 0 Å². The molecule has 0 saturated heterocycles. The number of methoxy groups -OCH3 is 1. The molecular formula is C13H13NO4S. The van der Waals surface area contributed by atoms with Crippen LogP contribution in [0.1, 0.15) is 0 Å². The molecule has 6 heteroatoms. The number of aromatic nitrogens is 1. The van der Waals surface area contributed by atoms with Crippen LogP contribution in [-0.4, -0.2) is 31.9 Å². The number of benzene rings is 1. The van der Waals surface area contributed by atoms with Crippen LogP contribution in [0.5, 0.6) is 11.5 Å². The largest absolute Gasteiger partial charge is 0.507 e. The molecule has 1 aromatic carbocycles. The van der Waals surface area contributed by atoms with Crippen molar-refractivity contribution in [3.8, 4) is 22.8 Å². The fraction of sp³-hybridized carbons (Fsp3) is 0.154. The quantitative estimate of drug-likeness (QED) is 0.928. The van der Waals surface area contributed by atoms with Crippen molar-refractivity contribution < 1.29 is 18.3 Å². The third-order valence-corrected chi connectivity index (χ3v) is 3.76. The molecule has 0 aliphatic rings. The number of pyridine rings is 1. The number of ether oxygens (including phenoxy) is 1. The lowest BCUT2D eigenvalue weighted by atomic mass is 10.1. The molecule has 0 spiro atoms. The van der Waals surface area contributed by atoms with Crippen molar-refractivity contribution in [3.05, 3.63) is 36.5 Å². The highest BCUT2D eigenvalue weighted by atomic mass is 32.2. The zero-order valence-electron chi connectivity index (χ0n) is 10.5. The number of sulfone groups is 1. The maximum absolute atomic E-state index is 11.7. The van der Waals surface area contributed by atoms with Crippen LogP contribution in [0.2, 0.25) is 0 Å². The lowest BCUT2D eigenvalue weighted by Crippen LogP contribution is -2.01. The van der Waals surface area contributed by atoms with E-state index in [1.54, 1.807) is 12.1 Å². The average molecular weight is 279 g/mol. The summed E-state index contributed by atoms with van der Waals surface area (Å²) in [7, 11) is -1.94. The summed E-state index contributed by atoms with van der Waals surface area (Å²) in [6.07, 6.45) is 2.58. The molecule has 0 aliphatic heterocycles. The number of phenolic OH excluding ortho intramolecular Hbond substituents is 1. The van der Waals surface area contributed by atoms with Gasteiger partial charge < -0.3 is 9.84 Å². The first kappa shape index (κ1) is 13.4. The molecule has 0 bridgehead atoms. The Morgan fingerprint density at radius 1 is 1.26 bits per heavy atom. The van der Waals surface area contributed by atoms with Gasteiger partial charge in [0.15, 0.2) is 9.84 Å². The molecule has 100 valence electrons. The third kappa shape index (κ3) is 2.68. The van der Waals surface area contributed by atoms with Crippen molar-refractivity contribution in [2.24, 2.45) is 0 Å². The summed E-state index contributed by atoms with van der Waals surface area (Å²) in [5.74, 6) is 0.460. The van der Waals surface area contributed by atoms with Crippen LogP contribution in [0.3, 0.4) is 0 Å². The molecular weight excluding hydrogens is 266 g/mol. The fourth-order valence-electron chi connectivity index (χ4n) is 1.72. The van der Waals surface area contributed by atoms with E-state index in [-0.39, 0.29) is 16.3 Å². The van der Waals surface area contributed by atoms with E-state index in [1.165, 1.54) is 31.5 Å². The van der Waals surface area contributed by atoms with Crippen molar-refractivity contribution >= 4 is 9.84 Å². The Labute approximate surface area is 111 Å². The predicted octanol–water partition coefficient (Wildman–Crippen LogP) is 1.87. The van der Waals surface area contributed by atoms with Gasteiger partial charge in [-0.3, -0.25) is 4.98 Å². The molecule has 1 aromatic heterocycles. The molecule has 0 aliphatic carbocycles. The first-order valence-corrected chi connectivity index (χ1v) is 7.35. The Balaban J connectivity index is 2.73. The molecule has 0 fully saturated rings. The number of rotatable bonds is 3. The Bertz CT molecular complexity index is 710. The van der Waals surface area contributed by atoms with Gasteiger partial charge in [-0.25, -0.2) is 8.42 Å². The standard InChI is InChI=1S/C13H13NO4S/c1-18-9-5-6-11(15)10(8-9)13-12(19(2,16)17)4-3-7-14-13/h3-8,15H,1-2H3. The Kier molecular flexibility index (Phi) is 3.44. The number of hydrogen-bond donors (Lipinski definition) is 1. The van der Waals surface area contributed by atoms with E-state index in [0.29, 0.717) is 11.3 Å². The lowest BCUT2D eigenvalue weighted by molar-refractivity contribution is 0.412. The fourth-order valence-corrected chi connectivity index (χ4v) is 2.56. The van der Waals surface area contributed by atoms with Gasteiger partial charge >= 0.3 is 0 Å². The van der Waals surface area contributed by atoms with Crippen LogP contribution in [0.4, 0.5) is 0 Å². The molecule has 0 atom stereocenters. The van der Waals surface area contributed by atoms with Crippen molar-refractivity contribution in [1.82, 2.24) is 4.98 Å². The monoisotopic (exact) mass is 279 g/mol. The molecule has 5 nitrogen and oxygen atoms in total.